The van der Waals surface area contributed by atoms with E-state index in [0.29, 0.717) is 5.56 Å². The van der Waals surface area contributed by atoms with Gasteiger partial charge in [-0.05, 0) is 79.3 Å². The standard InChI is InChI=1S/C32H33NO3.ClH/c1-21-19-24(16-17-26(21)32(34)35)30-20-25(36-31-15-6-5-13-29(30)31)11-8-18-33-22(2)27-14-7-10-23-9-3-4-12-28(23)27;/h3-7,9-10,12-17,19,22,25,30,33H,8,11,18,20H2,1-2H3,(H,34,35);1H/t22-,25?,30?;/m1./s1. The third-order valence-corrected chi connectivity index (χ3v) is 7.41. The number of fused-ring (bicyclic) bond motifs is 2. The van der Waals surface area contributed by atoms with Crippen LogP contribution in [0.4, 0.5) is 0 Å². The maximum absolute atomic E-state index is 11.5. The van der Waals surface area contributed by atoms with E-state index < -0.39 is 5.97 Å². The van der Waals surface area contributed by atoms with E-state index in [4.69, 9.17) is 4.74 Å². The average molecular weight is 516 g/mol. The topological polar surface area (TPSA) is 58.6 Å². The third kappa shape index (κ3) is 5.82. The molecule has 1 aliphatic heterocycles. The van der Waals surface area contributed by atoms with Crippen LogP contribution < -0.4 is 10.1 Å². The maximum atomic E-state index is 11.5. The fourth-order valence-electron chi connectivity index (χ4n) is 5.52. The number of carboxylic acids is 1. The Morgan fingerprint density at radius 2 is 1.78 bits per heavy atom. The van der Waals surface area contributed by atoms with Gasteiger partial charge >= 0.3 is 5.97 Å². The average Bonchev–Trinajstić information content (AvgIpc) is 2.90. The maximum Gasteiger partial charge on any atom is 0.335 e. The first kappa shape index (κ1) is 26.7. The normalized spacial score (nSPS) is 17.4. The molecule has 1 heterocycles. The summed E-state index contributed by atoms with van der Waals surface area (Å²) >= 11 is 0. The van der Waals surface area contributed by atoms with Crippen molar-refractivity contribution in [3.63, 3.8) is 0 Å². The number of ether oxygens (including phenoxy) is 1. The first-order valence-corrected chi connectivity index (χ1v) is 12.8. The second-order valence-electron chi connectivity index (χ2n) is 9.83. The van der Waals surface area contributed by atoms with Crippen LogP contribution in [0.5, 0.6) is 5.75 Å². The summed E-state index contributed by atoms with van der Waals surface area (Å²) in [7, 11) is 0. The van der Waals surface area contributed by atoms with Crippen LogP contribution in [-0.4, -0.2) is 23.7 Å². The summed E-state index contributed by atoms with van der Waals surface area (Å²) in [6.45, 7) is 5.02. The summed E-state index contributed by atoms with van der Waals surface area (Å²) in [5.41, 5.74) is 4.82. The Labute approximate surface area is 225 Å². The lowest BCUT2D eigenvalue weighted by Crippen LogP contribution is -2.28. The smallest absolute Gasteiger partial charge is 0.335 e. The number of aromatic carboxylic acids is 1. The van der Waals surface area contributed by atoms with Gasteiger partial charge in [0, 0.05) is 17.5 Å². The molecule has 4 aromatic rings. The molecule has 0 spiro atoms. The van der Waals surface area contributed by atoms with E-state index in [0.717, 1.165) is 42.7 Å². The van der Waals surface area contributed by atoms with Crippen LogP contribution >= 0.6 is 12.4 Å². The molecule has 192 valence electrons. The third-order valence-electron chi connectivity index (χ3n) is 7.41. The van der Waals surface area contributed by atoms with Crippen LogP contribution in [0.15, 0.2) is 84.9 Å². The molecule has 5 heteroatoms. The number of carboxylic acid groups (broad SMARTS) is 1. The van der Waals surface area contributed by atoms with Gasteiger partial charge in [-0.1, -0.05) is 72.8 Å². The van der Waals surface area contributed by atoms with E-state index in [1.54, 1.807) is 6.07 Å². The molecule has 4 aromatic carbocycles. The van der Waals surface area contributed by atoms with Crippen molar-refractivity contribution >= 4 is 29.1 Å². The zero-order valence-corrected chi connectivity index (χ0v) is 22.1. The monoisotopic (exact) mass is 515 g/mol. The number of hydrogen-bond acceptors (Lipinski definition) is 3. The minimum Gasteiger partial charge on any atom is -0.490 e. The summed E-state index contributed by atoms with van der Waals surface area (Å²) in [6, 6.07) is 29.3. The lowest BCUT2D eigenvalue weighted by Gasteiger charge is -2.33. The van der Waals surface area contributed by atoms with Gasteiger partial charge in [0.05, 0.1) is 11.7 Å². The zero-order valence-electron chi connectivity index (χ0n) is 21.3. The Kier molecular flexibility index (Phi) is 8.52. The molecule has 0 saturated heterocycles. The van der Waals surface area contributed by atoms with Gasteiger partial charge in [0.25, 0.3) is 0 Å². The van der Waals surface area contributed by atoms with Gasteiger partial charge in [-0.3, -0.25) is 0 Å². The Morgan fingerprint density at radius 3 is 2.59 bits per heavy atom. The molecule has 0 amide bonds. The van der Waals surface area contributed by atoms with Crippen LogP contribution in [0.25, 0.3) is 10.8 Å². The lowest BCUT2D eigenvalue weighted by molar-refractivity contribution is 0.0696. The largest absolute Gasteiger partial charge is 0.490 e. The molecule has 0 aliphatic carbocycles. The number of halogens is 1. The number of para-hydroxylation sites is 1. The highest BCUT2D eigenvalue weighted by Gasteiger charge is 2.29. The Morgan fingerprint density at radius 1 is 1.03 bits per heavy atom. The summed E-state index contributed by atoms with van der Waals surface area (Å²) in [5.74, 6) is 0.259. The van der Waals surface area contributed by atoms with Gasteiger partial charge in [0.15, 0.2) is 0 Å². The Hall–Kier alpha value is -3.34. The van der Waals surface area contributed by atoms with Crippen molar-refractivity contribution in [3.8, 4) is 5.75 Å². The molecule has 2 unspecified atom stereocenters. The highest BCUT2D eigenvalue weighted by atomic mass is 35.5. The minimum absolute atomic E-state index is 0. The predicted molar refractivity (Wildman–Crippen MR) is 152 cm³/mol. The van der Waals surface area contributed by atoms with E-state index in [1.807, 2.05) is 37.3 Å². The number of carbonyl (C=O) groups is 1. The fourth-order valence-corrected chi connectivity index (χ4v) is 5.52. The molecule has 37 heavy (non-hydrogen) atoms. The van der Waals surface area contributed by atoms with Gasteiger partial charge in [0.1, 0.15) is 5.75 Å². The number of nitrogens with one attached hydrogen (secondary N) is 1. The first-order valence-electron chi connectivity index (χ1n) is 12.8. The summed E-state index contributed by atoms with van der Waals surface area (Å²) in [5, 5.41) is 15.7. The van der Waals surface area contributed by atoms with E-state index in [2.05, 4.69) is 60.8 Å². The van der Waals surface area contributed by atoms with Crippen LogP contribution in [0, 0.1) is 6.92 Å². The lowest BCUT2D eigenvalue weighted by atomic mass is 9.82. The second-order valence-corrected chi connectivity index (χ2v) is 9.83. The molecule has 2 N–H and O–H groups in total. The van der Waals surface area contributed by atoms with Crippen molar-refractivity contribution in [1.29, 1.82) is 0 Å². The van der Waals surface area contributed by atoms with Crippen LogP contribution in [0.3, 0.4) is 0 Å². The Balaban J connectivity index is 0.00000320. The first-order chi connectivity index (χ1) is 17.5. The second kappa shape index (κ2) is 11.8. The van der Waals surface area contributed by atoms with Crippen molar-refractivity contribution in [3.05, 3.63) is 113 Å². The van der Waals surface area contributed by atoms with Crippen LogP contribution in [0.1, 0.15) is 70.8 Å². The molecule has 0 saturated carbocycles. The highest BCUT2D eigenvalue weighted by Crippen LogP contribution is 2.41. The molecule has 3 atom stereocenters. The summed E-state index contributed by atoms with van der Waals surface area (Å²) in [6.07, 6.45) is 3.00. The van der Waals surface area contributed by atoms with E-state index in [1.165, 1.54) is 21.9 Å². The van der Waals surface area contributed by atoms with Crippen molar-refractivity contribution < 1.29 is 14.6 Å². The molecular formula is C32H34ClNO3. The molecule has 0 bridgehead atoms. The zero-order chi connectivity index (χ0) is 25.1. The summed E-state index contributed by atoms with van der Waals surface area (Å²) in [4.78, 5) is 11.5. The fraction of sp³-hybridized carbons (Fsp3) is 0.281. The highest BCUT2D eigenvalue weighted by molar-refractivity contribution is 5.89. The number of benzene rings is 4. The summed E-state index contributed by atoms with van der Waals surface area (Å²) < 4.78 is 6.40. The molecule has 4 nitrogen and oxygen atoms in total. The molecule has 0 fully saturated rings. The van der Waals surface area contributed by atoms with Gasteiger partial charge in [-0.15, -0.1) is 12.4 Å². The minimum atomic E-state index is -0.880. The number of hydrogen-bond donors (Lipinski definition) is 2. The van der Waals surface area contributed by atoms with Crippen molar-refractivity contribution in [2.45, 2.75) is 51.2 Å². The molecule has 1 aliphatic rings. The van der Waals surface area contributed by atoms with Crippen molar-refractivity contribution in [2.75, 3.05) is 6.54 Å². The van der Waals surface area contributed by atoms with Crippen molar-refractivity contribution in [1.82, 2.24) is 5.32 Å². The van der Waals surface area contributed by atoms with Gasteiger partial charge in [0.2, 0.25) is 0 Å². The van der Waals surface area contributed by atoms with Crippen molar-refractivity contribution in [2.24, 2.45) is 0 Å². The molecule has 5 rings (SSSR count). The molecule has 0 aromatic heterocycles. The van der Waals surface area contributed by atoms with Gasteiger partial charge in [-0.2, -0.15) is 0 Å². The van der Waals surface area contributed by atoms with Crippen LogP contribution in [0.2, 0.25) is 0 Å². The van der Waals surface area contributed by atoms with Gasteiger partial charge < -0.3 is 15.2 Å². The van der Waals surface area contributed by atoms with Gasteiger partial charge in [-0.25, -0.2) is 4.79 Å². The molecular weight excluding hydrogens is 482 g/mol. The SMILES string of the molecule is Cc1cc(C2CC(CCCN[C@H](C)c3cccc4ccccc34)Oc3ccccc32)ccc1C(=O)O.Cl. The van der Waals surface area contributed by atoms with E-state index >= 15 is 0 Å². The number of aryl methyl sites for hydroxylation is 1. The number of rotatable bonds is 8. The quantitative estimate of drug-likeness (QED) is 0.236. The predicted octanol–water partition coefficient (Wildman–Crippen LogP) is 7.68. The molecule has 0 radical (unpaired) electrons. The van der Waals surface area contributed by atoms with E-state index in [9.17, 15) is 9.90 Å². The van der Waals surface area contributed by atoms with Crippen LogP contribution in [-0.2, 0) is 0 Å². The van der Waals surface area contributed by atoms with E-state index in [-0.39, 0.29) is 30.5 Å². The Bertz CT molecular complexity index is 1380.